The third kappa shape index (κ3) is 7.68. The number of alkyl halides is 1. The van der Waals surface area contributed by atoms with E-state index in [1.54, 1.807) is 0 Å². The van der Waals surface area contributed by atoms with Gasteiger partial charge in [-0.1, -0.05) is 0 Å². The van der Waals surface area contributed by atoms with E-state index in [1.807, 2.05) is 6.07 Å². The molecule has 5 nitrogen and oxygen atoms in total. The van der Waals surface area contributed by atoms with Gasteiger partial charge in [0.15, 0.2) is 0 Å². The summed E-state index contributed by atoms with van der Waals surface area (Å²) in [5.41, 5.74) is 0. The molecule has 6 rings (SSSR count). The van der Waals surface area contributed by atoms with E-state index >= 15 is 0 Å². The number of nitrogens with zero attached hydrogens (tertiary/aromatic N) is 3. The molecule has 3 heterocycles. The Kier molecular flexibility index (Phi) is 9.92. The number of nitrogens with one attached hydrogen (secondary N) is 1. The third-order valence-corrected chi connectivity index (χ3v) is 15.6. The third-order valence-electron chi connectivity index (χ3n) is 10.4. The van der Waals surface area contributed by atoms with Crippen LogP contribution in [0, 0.1) is 21.3 Å². The maximum atomic E-state index is 13.2. The van der Waals surface area contributed by atoms with Crippen molar-refractivity contribution >= 4 is 29.1 Å². The second kappa shape index (κ2) is 13.3. The summed E-state index contributed by atoms with van der Waals surface area (Å²) in [5.74, 6) is 2.72. The molecule has 0 bridgehead atoms. The van der Waals surface area contributed by atoms with Crippen molar-refractivity contribution in [1.82, 2.24) is 20.0 Å². The Labute approximate surface area is 262 Å². The number of hydrogen-bond donors (Lipinski definition) is 1. The minimum atomic E-state index is -0.331. The van der Waals surface area contributed by atoms with E-state index in [0.717, 1.165) is 50.0 Å². The van der Waals surface area contributed by atoms with Crippen LogP contribution in [0.2, 0.25) is 10.0 Å². The van der Waals surface area contributed by atoms with Crippen molar-refractivity contribution in [2.24, 2.45) is 17.8 Å². The summed E-state index contributed by atoms with van der Waals surface area (Å²) >= 11 is 12.4. The molecule has 0 unspecified atom stereocenters. The summed E-state index contributed by atoms with van der Waals surface area (Å²) in [6.45, 7) is 11.6. The second-order valence-corrected chi connectivity index (χ2v) is 18.2. The molecule has 3 aliphatic heterocycles. The van der Waals surface area contributed by atoms with Gasteiger partial charge < -0.3 is 0 Å². The molecule has 40 heavy (non-hydrogen) atoms. The Bertz CT molecular complexity index is 1020. The van der Waals surface area contributed by atoms with Gasteiger partial charge in [-0.3, -0.25) is 0 Å². The fourth-order valence-corrected chi connectivity index (χ4v) is 11.3. The number of benzene rings is 1. The summed E-state index contributed by atoms with van der Waals surface area (Å²) in [7, 11) is 0. The van der Waals surface area contributed by atoms with Crippen LogP contribution in [0.25, 0.3) is 0 Å². The van der Waals surface area contributed by atoms with Gasteiger partial charge in [0.25, 0.3) is 0 Å². The summed E-state index contributed by atoms with van der Waals surface area (Å²) in [4.78, 5) is 20.9. The number of hydrogen-bond acceptors (Lipinski definition) is 4. The zero-order chi connectivity index (χ0) is 27.7. The van der Waals surface area contributed by atoms with Crippen LogP contribution >= 0.6 is 23.2 Å². The van der Waals surface area contributed by atoms with Crippen molar-refractivity contribution in [3.8, 4) is 0 Å². The van der Waals surface area contributed by atoms with Gasteiger partial charge in [0.1, 0.15) is 0 Å². The Morgan fingerprint density at radius 3 is 2.42 bits per heavy atom. The Morgan fingerprint density at radius 2 is 1.73 bits per heavy atom. The molecule has 1 N–H and O–H groups in total. The van der Waals surface area contributed by atoms with Crippen molar-refractivity contribution in [2.75, 3.05) is 52.4 Å². The summed E-state index contributed by atoms with van der Waals surface area (Å²) < 4.78 is 1.56. The second-order valence-electron chi connectivity index (χ2n) is 13.5. The molecule has 2 saturated carbocycles. The number of carbonyl (C=O) groups excluding carboxylic acids is 1. The van der Waals surface area contributed by atoms with E-state index in [1.165, 1.54) is 87.7 Å². The predicted molar refractivity (Wildman–Crippen MR) is 160 cm³/mol. The van der Waals surface area contributed by atoms with Crippen LogP contribution in [0.3, 0.4) is 0 Å². The standard InChI is InChI=1S/C32H48Cl2IN4O/c1-23-20-39(14-9-24-2-3-24)31(40)8-12-32(23,35-26-6-7-29(33)30(34)18-26)13-17-37-21-28(22-37)38-15-10-27(11-16-38)36-19-25-4-5-25/h6-7,18,23-25,27-28,36H,2-5,8-17,19-22H2,1H3/q-1/t23-,32-/m1/s1. The van der Waals surface area contributed by atoms with Crippen molar-refractivity contribution in [3.05, 3.63) is 31.8 Å². The normalized spacial score (nSPS) is 29.6. The van der Waals surface area contributed by atoms with Crippen LogP contribution in [0.5, 0.6) is 0 Å². The van der Waals surface area contributed by atoms with Gasteiger partial charge >= 0.3 is 245 Å². The van der Waals surface area contributed by atoms with Gasteiger partial charge in [-0.2, -0.15) is 0 Å². The van der Waals surface area contributed by atoms with Crippen LogP contribution < -0.4 is 26.5 Å². The van der Waals surface area contributed by atoms with Gasteiger partial charge in [-0.25, -0.2) is 0 Å². The molecular weight excluding hydrogens is 654 g/mol. The summed E-state index contributed by atoms with van der Waals surface area (Å²) in [6, 6.07) is 7.73. The van der Waals surface area contributed by atoms with Gasteiger partial charge in [0, 0.05) is 0 Å². The molecule has 1 amide bonds. The zero-order valence-electron chi connectivity index (χ0n) is 24.2. The first kappa shape index (κ1) is 29.9. The van der Waals surface area contributed by atoms with E-state index < -0.39 is 0 Å². The first-order valence-corrected chi connectivity index (χ1v) is 18.9. The Morgan fingerprint density at radius 1 is 0.975 bits per heavy atom. The SMILES string of the molecule is C[C@@H]1CN(CCC2CC2)C(=O)CC[C@]1(CCN1CC(N2CCC(NCC3CC3)CC2)C1)[I-]c1ccc(Cl)c(Cl)c1. The van der Waals surface area contributed by atoms with Gasteiger partial charge in [0.2, 0.25) is 0 Å². The molecule has 3 saturated heterocycles. The van der Waals surface area contributed by atoms with Crippen molar-refractivity contribution in [3.63, 3.8) is 0 Å². The van der Waals surface area contributed by atoms with Crippen molar-refractivity contribution < 1.29 is 26.0 Å². The summed E-state index contributed by atoms with van der Waals surface area (Å²) in [6.07, 6.45) is 12.3. The number of piperidine rings is 1. The number of rotatable bonds is 12. The number of amides is 1. The first-order valence-electron chi connectivity index (χ1n) is 16.0. The molecule has 1 aromatic rings. The Hall–Kier alpha value is -0.120. The molecule has 0 radical (unpaired) electrons. The van der Waals surface area contributed by atoms with Crippen LogP contribution in [0.1, 0.15) is 71.1 Å². The van der Waals surface area contributed by atoms with Crippen LogP contribution in [-0.4, -0.2) is 88.5 Å². The van der Waals surface area contributed by atoms with E-state index in [9.17, 15) is 4.79 Å². The topological polar surface area (TPSA) is 38.8 Å². The monoisotopic (exact) mass is 701 g/mol. The fourth-order valence-electron chi connectivity index (χ4n) is 7.01. The summed E-state index contributed by atoms with van der Waals surface area (Å²) in [5, 5.41) is 5.12. The van der Waals surface area contributed by atoms with E-state index in [2.05, 4.69) is 39.1 Å². The Balaban J connectivity index is 1.04. The average molecular weight is 703 g/mol. The van der Waals surface area contributed by atoms with Gasteiger partial charge in [-0.15, -0.1) is 0 Å². The van der Waals surface area contributed by atoms with Crippen LogP contribution in [-0.2, 0) is 4.79 Å². The molecule has 0 aromatic heterocycles. The maximum absolute atomic E-state index is 13.2. The van der Waals surface area contributed by atoms with E-state index in [0.29, 0.717) is 28.3 Å². The van der Waals surface area contributed by atoms with Crippen LogP contribution in [0.15, 0.2) is 18.2 Å². The molecule has 224 valence electrons. The zero-order valence-corrected chi connectivity index (χ0v) is 27.9. The van der Waals surface area contributed by atoms with Gasteiger partial charge in [-0.05, 0) is 18.8 Å². The molecule has 5 aliphatic rings. The fraction of sp³-hybridized carbons (Fsp3) is 0.781. The number of halogens is 3. The van der Waals surface area contributed by atoms with Crippen LogP contribution in [0.4, 0.5) is 0 Å². The number of likely N-dealkylation sites (tertiary alicyclic amines) is 3. The molecule has 2 aliphatic carbocycles. The minimum absolute atomic E-state index is 0.205. The molecule has 0 spiro atoms. The molecular formula is C32H48Cl2IN4O-. The quantitative estimate of drug-likeness (QED) is 0.207. The van der Waals surface area contributed by atoms with Gasteiger partial charge in [0.05, 0.1) is 0 Å². The number of carbonyl (C=O) groups is 1. The van der Waals surface area contributed by atoms with Crippen molar-refractivity contribution in [1.29, 1.82) is 0 Å². The first-order chi connectivity index (χ1) is 19.4. The molecule has 5 fully saturated rings. The van der Waals surface area contributed by atoms with Crippen molar-refractivity contribution in [2.45, 2.75) is 86.6 Å². The molecule has 8 heteroatoms. The van der Waals surface area contributed by atoms with E-state index in [-0.39, 0.29) is 24.6 Å². The van der Waals surface area contributed by atoms with E-state index in [4.69, 9.17) is 23.2 Å². The molecule has 2 atom stereocenters. The average Bonchev–Trinajstić information content (AvgIpc) is 3.84. The predicted octanol–water partition coefficient (Wildman–Crippen LogP) is 2.59. The molecule has 1 aromatic carbocycles.